The third-order valence-electron chi connectivity index (χ3n) is 2.93. The Kier molecular flexibility index (Phi) is 4.38. The second kappa shape index (κ2) is 5.85. The van der Waals surface area contributed by atoms with Gasteiger partial charge in [0.1, 0.15) is 9.77 Å². The molecule has 104 valence electrons. The molecule has 0 saturated carbocycles. The SMILES string of the molecule is C=CCNC(=O)c1sccc1S(=O)(=O)N1CCCC1. The van der Waals surface area contributed by atoms with Crippen molar-refractivity contribution in [1.82, 2.24) is 9.62 Å². The molecule has 0 aliphatic carbocycles. The Balaban J connectivity index is 2.28. The summed E-state index contributed by atoms with van der Waals surface area (Å²) in [5, 5.41) is 4.24. The maximum absolute atomic E-state index is 12.4. The van der Waals surface area contributed by atoms with Gasteiger partial charge in [0.05, 0.1) is 0 Å². The third kappa shape index (κ3) is 2.88. The number of hydrogen-bond acceptors (Lipinski definition) is 4. The summed E-state index contributed by atoms with van der Waals surface area (Å²) < 4.78 is 26.3. The summed E-state index contributed by atoms with van der Waals surface area (Å²) in [6.45, 7) is 4.90. The van der Waals surface area contributed by atoms with Crippen molar-refractivity contribution in [3.05, 3.63) is 29.0 Å². The lowest BCUT2D eigenvalue weighted by Crippen LogP contribution is -2.30. The van der Waals surface area contributed by atoms with Gasteiger partial charge < -0.3 is 5.32 Å². The lowest BCUT2D eigenvalue weighted by Gasteiger charge is -2.15. The van der Waals surface area contributed by atoms with Gasteiger partial charge in [0, 0.05) is 19.6 Å². The summed E-state index contributed by atoms with van der Waals surface area (Å²) in [6.07, 6.45) is 3.31. The fraction of sp³-hybridized carbons (Fsp3) is 0.417. The van der Waals surface area contributed by atoms with Gasteiger partial charge >= 0.3 is 0 Å². The molecule has 1 saturated heterocycles. The van der Waals surface area contributed by atoms with E-state index in [9.17, 15) is 13.2 Å². The molecule has 1 N–H and O–H groups in total. The van der Waals surface area contributed by atoms with Gasteiger partial charge in [0.2, 0.25) is 10.0 Å². The first-order chi connectivity index (χ1) is 9.07. The van der Waals surface area contributed by atoms with E-state index in [0.717, 1.165) is 24.2 Å². The van der Waals surface area contributed by atoms with Crippen LogP contribution < -0.4 is 5.32 Å². The number of thiophene rings is 1. The van der Waals surface area contributed by atoms with Crippen LogP contribution in [-0.4, -0.2) is 38.3 Å². The second-order valence-electron chi connectivity index (χ2n) is 4.22. The van der Waals surface area contributed by atoms with Crippen LogP contribution in [0.2, 0.25) is 0 Å². The van der Waals surface area contributed by atoms with E-state index in [1.54, 1.807) is 11.5 Å². The molecule has 1 aromatic rings. The highest BCUT2D eigenvalue weighted by Crippen LogP contribution is 2.27. The number of amides is 1. The van der Waals surface area contributed by atoms with E-state index < -0.39 is 10.0 Å². The van der Waals surface area contributed by atoms with Crippen LogP contribution in [0, 0.1) is 0 Å². The van der Waals surface area contributed by atoms with E-state index in [0.29, 0.717) is 19.6 Å². The second-order valence-corrected chi connectivity index (χ2v) is 7.05. The van der Waals surface area contributed by atoms with Crippen LogP contribution in [-0.2, 0) is 10.0 Å². The molecule has 0 spiro atoms. The lowest BCUT2D eigenvalue weighted by molar-refractivity contribution is 0.0959. The average Bonchev–Trinajstić information content (AvgIpc) is 3.05. The number of rotatable bonds is 5. The van der Waals surface area contributed by atoms with Crippen molar-refractivity contribution < 1.29 is 13.2 Å². The summed E-state index contributed by atoms with van der Waals surface area (Å²) in [5.41, 5.74) is 0. The molecule has 1 aromatic heterocycles. The lowest BCUT2D eigenvalue weighted by atomic mass is 10.4. The molecule has 1 fully saturated rings. The van der Waals surface area contributed by atoms with Crippen LogP contribution >= 0.6 is 11.3 Å². The Morgan fingerprint density at radius 3 is 2.79 bits per heavy atom. The van der Waals surface area contributed by atoms with Crippen LogP contribution in [0.5, 0.6) is 0 Å². The van der Waals surface area contributed by atoms with Gasteiger partial charge in [-0.2, -0.15) is 4.31 Å². The zero-order chi connectivity index (χ0) is 13.9. The standard InChI is InChI=1S/C12H16N2O3S2/c1-2-6-13-12(15)11-10(5-9-18-11)19(16,17)14-7-3-4-8-14/h2,5,9H,1,3-4,6-8H2,(H,13,15). The Morgan fingerprint density at radius 2 is 2.16 bits per heavy atom. The first kappa shape index (κ1) is 14.2. The number of hydrogen-bond donors (Lipinski definition) is 1. The average molecular weight is 300 g/mol. The quantitative estimate of drug-likeness (QED) is 0.837. The normalized spacial score (nSPS) is 16.4. The molecular formula is C12H16N2O3S2. The molecule has 0 atom stereocenters. The van der Waals surface area contributed by atoms with Crippen molar-refractivity contribution in [1.29, 1.82) is 0 Å². The molecular weight excluding hydrogens is 284 g/mol. The number of nitrogens with zero attached hydrogens (tertiary/aromatic N) is 1. The monoisotopic (exact) mass is 300 g/mol. The Morgan fingerprint density at radius 1 is 1.47 bits per heavy atom. The van der Waals surface area contributed by atoms with Crippen molar-refractivity contribution in [2.45, 2.75) is 17.7 Å². The highest BCUT2D eigenvalue weighted by atomic mass is 32.2. The molecule has 1 amide bonds. The van der Waals surface area contributed by atoms with Gasteiger partial charge in [0.25, 0.3) is 5.91 Å². The van der Waals surface area contributed by atoms with E-state index in [-0.39, 0.29) is 15.7 Å². The largest absolute Gasteiger partial charge is 0.348 e. The summed E-state index contributed by atoms with van der Waals surface area (Å²) >= 11 is 1.14. The van der Waals surface area contributed by atoms with E-state index >= 15 is 0 Å². The van der Waals surface area contributed by atoms with Crippen LogP contribution in [0.15, 0.2) is 29.0 Å². The zero-order valence-electron chi connectivity index (χ0n) is 10.5. The molecule has 2 heterocycles. The topological polar surface area (TPSA) is 66.5 Å². The molecule has 1 aliphatic heterocycles. The van der Waals surface area contributed by atoms with E-state index in [1.165, 1.54) is 10.4 Å². The minimum Gasteiger partial charge on any atom is -0.348 e. The van der Waals surface area contributed by atoms with Crippen LogP contribution in [0.1, 0.15) is 22.5 Å². The number of carbonyl (C=O) groups is 1. The van der Waals surface area contributed by atoms with Crippen molar-refractivity contribution in [2.75, 3.05) is 19.6 Å². The molecule has 7 heteroatoms. The van der Waals surface area contributed by atoms with Crippen LogP contribution in [0.25, 0.3) is 0 Å². The molecule has 5 nitrogen and oxygen atoms in total. The summed E-state index contributed by atoms with van der Waals surface area (Å²) in [4.78, 5) is 12.3. The Bertz CT molecular complexity index is 572. The highest BCUT2D eigenvalue weighted by molar-refractivity contribution is 7.89. The predicted molar refractivity (Wildman–Crippen MR) is 74.8 cm³/mol. The molecule has 0 bridgehead atoms. The van der Waals surface area contributed by atoms with Crippen LogP contribution in [0.4, 0.5) is 0 Å². The minimum absolute atomic E-state index is 0.112. The minimum atomic E-state index is -3.54. The summed E-state index contributed by atoms with van der Waals surface area (Å²) in [6, 6.07) is 1.50. The maximum Gasteiger partial charge on any atom is 0.262 e. The van der Waals surface area contributed by atoms with Crippen molar-refractivity contribution in [3.63, 3.8) is 0 Å². The fourth-order valence-electron chi connectivity index (χ4n) is 1.98. The molecule has 19 heavy (non-hydrogen) atoms. The number of nitrogens with one attached hydrogen (secondary N) is 1. The number of sulfonamides is 1. The van der Waals surface area contributed by atoms with Crippen molar-refractivity contribution >= 4 is 27.3 Å². The van der Waals surface area contributed by atoms with Gasteiger partial charge in [-0.05, 0) is 24.3 Å². The molecule has 2 rings (SSSR count). The molecule has 0 radical (unpaired) electrons. The summed E-state index contributed by atoms with van der Waals surface area (Å²) in [5.74, 6) is -0.368. The van der Waals surface area contributed by atoms with E-state index in [2.05, 4.69) is 11.9 Å². The zero-order valence-corrected chi connectivity index (χ0v) is 12.1. The molecule has 1 aliphatic rings. The third-order valence-corrected chi connectivity index (χ3v) is 5.91. The number of carbonyl (C=O) groups excluding carboxylic acids is 1. The predicted octanol–water partition coefficient (Wildman–Crippen LogP) is 1.45. The van der Waals surface area contributed by atoms with Gasteiger partial charge in [0.15, 0.2) is 0 Å². The fourth-order valence-corrected chi connectivity index (χ4v) is 4.81. The maximum atomic E-state index is 12.4. The highest BCUT2D eigenvalue weighted by Gasteiger charge is 2.31. The Labute approximate surface area is 117 Å². The van der Waals surface area contributed by atoms with Crippen molar-refractivity contribution in [2.24, 2.45) is 0 Å². The molecule has 0 aromatic carbocycles. The van der Waals surface area contributed by atoms with Crippen LogP contribution in [0.3, 0.4) is 0 Å². The summed E-state index contributed by atoms with van der Waals surface area (Å²) in [7, 11) is -3.54. The first-order valence-electron chi connectivity index (χ1n) is 6.04. The van der Waals surface area contributed by atoms with Gasteiger partial charge in [-0.3, -0.25) is 4.79 Å². The van der Waals surface area contributed by atoms with E-state index in [4.69, 9.17) is 0 Å². The molecule has 0 unspecified atom stereocenters. The van der Waals surface area contributed by atoms with Gasteiger partial charge in [-0.1, -0.05) is 6.08 Å². The van der Waals surface area contributed by atoms with Crippen molar-refractivity contribution in [3.8, 4) is 0 Å². The van der Waals surface area contributed by atoms with Gasteiger partial charge in [-0.25, -0.2) is 8.42 Å². The first-order valence-corrected chi connectivity index (χ1v) is 8.36. The van der Waals surface area contributed by atoms with E-state index in [1.807, 2.05) is 0 Å². The van der Waals surface area contributed by atoms with Gasteiger partial charge in [-0.15, -0.1) is 17.9 Å². The Hall–Kier alpha value is -1.18. The smallest absolute Gasteiger partial charge is 0.262 e.